The monoisotopic (exact) mass is 424 g/mol. The molecule has 1 fully saturated rings. The molecule has 3 rings (SSSR count). The third-order valence-corrected chi connectivity index (χ3v) is 4.71. The molecule has 0 radical (unpaired) electrons. The van der Waals surface area contributed by atoms with Crippen molar-refractivity contribution in [2.75, 3.05) is 5.32 Å². The van der Waals surface area contributed by atoms with E-state index in [9.17, 15) is 13.6 Å². The lowest BCUT2D eigenvalue weighted by Crippen LogP contribution is -2.34. The summed E-state index contributed by atoms with van der Waals surface area (Å²) in [6, 6.07) is 7.20. The molecule has 1 heterocycles. The molecular formula is C18H19BrF2N4O. The molecule has 0 aliphatic heterocycles. The van der Waals surface area contributed by atoms with Crippen LogP contribution in [0.5, 0.6) is 0 Å². The Hall–Kier alpha value is -2.09. The van der Waals surface area contributed by atoms with E-state index in [-0.39, 0.29) is 17.6 Å². The smallest absolute Gasteiger partial charge is 0.287 e. The average Bonchev–Trinajstić information content (AvgIpc) is 3.07. The van der Waals surface area contributed by atoms with Crippen molar-refractivity contribution in [1.82, 2.24) is 15.3 Å². The summed E-state index contributed by atoms with van der Waals surface area (Å²) in [5.74, 6) is -3.81. The summed E-state index contributed by atoms with van der Waals surface area (Å²) >= 11 is 3.34. The van der Waals surface area contributed by atoms with E-state index in [0.717, 1.165) is 43.3 Å². The van der Waals surface area contributed by atoms with E-state index < -0.39 is 17.5 Å². The Kier molecular flexibility index (Phi) is 5.50. The molecule has 0 saturated heterocycles. The summed E-state index contributed by atoms with van der Waals surface area (Å²) in [4.78, 5) is 20.4. The van der Waals surface area contributed by atoms with E-state index in [4.69, 9.17) is 0 Å². The van der Waals surface area contributed by atoms with Crippen LogP contribution in [-0.2, 0) is 5.92 Å². The maximum Gasteiger partial charge on any atom is 0.287 e. The quantitative estimate of drug-likeness (QED) is 0.725. The predicted octanol–water partition coefficient (Wildman–Crippen LogP) is 4.77. The number of nitrogens with one attached hydrogen (secondary N) is 2. The lowest BCUT2D eigenvalue weighted by atomic mass is 10.1. The minimum Gasteiger partial charge on any atom is -0.349 e. The maximum atomic E-state index is 14.1. The number of benzene rings is 1. The third-order valence-electron chi connectivity index (χ3n) is 4.22. The van der Waals surface area contributed by atoms with Crippen LogP contribution in [0, 0.1) is 0 Å². The van der Waals surface area contributed by atoms with Crippen LogP contribution in [0.1, 0.15) is 48.7 Å². The van der Waals surface area contributed by atoms with Crippen molar-refractivity contribution in [2.45, 2.75) is 44.6 Å². The molecule has 2 N–H and O–H groups in total. The predicted molar refractivity (Wildman–Crippen MR) is 98.7 cm³/mol. The van der Waals surface area contributed by atoms with Gasteiger partial charge in [0.15, 0.2) is 0 Å². The summed E-state index contributed by atoms with van der Waals surface area (Å²) in [5, 5.41) is 5.68. The number of hydrogen-bond acceptors (Lipinski definition) is 4. The summed E-state index contributed by atoms with van der Waals surface area (Å²) < 4.78 is 29.0. The van der Waals surface area contributed by atoms with Crippen LogP contribution >= 0.6 is 15.9 Å². The topological polar surface area (TPSA) is 66.9 Å². The van der Waals surface area contributed by atoms with Crippen molar-refractivity contribution in [3.63, 3.8) is 0 Å². The summed E-state index contributed by atoms with van der Waals surface area (Å²) in [5.41, 5.74) is -0.127. The maximum absolute atomic E-state index is 14.1. The van der Waals surface area contributed by atoms with Crippen LogP contribution in [0.2, 0.25) is 0 Å². The largest absolute Gasteiger partial charge is 0.349 e. The first-order valence-electron chi connectivity index (χ1n) is 8.42. The number of aromatic nitrogens is 2. The molecule has 1 aromatic carbocycles. The fraction of sp³-hybridized carbons (Fsp3) is 0.389. The fourth-order valence-corrected chi connectivity index (χ4v) is 3.37. The molecule has 0 unspecified atom stereocenters. The van der Waals surface area contributed by atoms with Crippen molar-refractivity contribution in [3.05, 3.63) is 46.2 Å². The zero-order valence-corrected chi connectivity index (χ0v) is 15.8. The zero-order chi connectivity index (χ0) is 18.7. The number of halogens is 3. The van der Waals surface area contributed by atoms with Gasteiger partial charge in [0, 0.05) is 29.3 Å². The molecule has 8 heteroatoms. The first-order valence-corrected chi connectivity index (χ1v) is 9.21. The molecule has 1 aromatic heterocycles. The molecule has 1 aliphatic carbocycles. The molecule has 1 saturated carbocycles. The Bertz CT molecular complexity index is 804. The minimum atomic E-state index is -3.26. The van der Waals surface area contributed by atoms with Crippen molar-refractivity contribution in [1.29, 1.82) is 0 Å². The highest BCUT2D eigenvalue weighted by molar-refractivity contribution is 9.10. The van der Waals surface area contributed by atoms with Crippen molar-refractivity contribution in [2.24, 2.45) is 0 Å². The van der Waals surface area contributed by atoms with Crippen LogP contribution in [0.4, 0.5) is 20.4 Å². The standard InChI is InChI=1S/C18H19BrF2N4O/c1-18(20,21)15-14(16(26)23-12-6-2-3-7-12)10-22-17(25-15)24-13-8-4-5-11(19)9-13/h4-5,8-10,12H,2-3,6-7H2,1H3,(H,23,26)(H,22,24,25). The number of hydrogen-bond donors (Lipinski definition) is 2. The molecular weight excluding hydrogens is 406 g/mol. The highest BCUT2D eigenvalue weighted by Gasteiger charge is 2.33. The van der Waals surface area contributed by atoms with E-state index in [1.807, 2.05) is 6.07 Å². The van der Waals surface area contributed by atoms with Gasteiger partial charge in [-0.05, 0) is 31.0 Å². The number of carbonyl (C=O) groups excluding carboxylic acids is 1. The van der Waals surface area contributed by atoms with Gasteiger partial charge >= 0.3 is 0 Å². The molecule has 1 aliphatic rings. The van der Waals surface area contributed by atoms with Crippen molar-refractivity contribution >= 4 is 33.5 Å². The van der Waals surface area contributed by atoms with Gasteiger partial charge in [0.1, 0.15) is 5.69 Å². The average molecular weight is 425 g/mol. The lowest BCUT2D eigenvalue weighted by molar-refractivity contribution is 0.0116. The summed E-state index contributed by atoms with van der Waals surface area (Å²) in [6.07, 6.45) is 4.96. The fourth-order valence-electron chi connectivity index (χ4n) is 2.97. The summed E-state index contributed by atoms with van der Waals surface area (Å²) in [7, 11) is 0. The van der Waals surface area contributed by atoms with Crippen molar-refractivity contribution in [3.8, 4) is 0 Å². The number of carbonyl (C=O) groups is 1. The molecule has 2 aromatic rings. The van der Waals surface area contributed by atoms with Crippen LogP contribution in [0.25, 0.3) is 0 Å². The molecule has 26 heavy (non-hydrogen) atoms. The Morgan fingerprint density at radius 1 is 1.31 bits per heavy atom. The second-order valence-corrected chi connectivity index (χ2v) is 7.35. The van der Waals surface area contributed by atoms with E-state index in [1.54, 1.807) is 18.2 Å². The van der Waals surface area contributed by atoms with Gasteiger partial charge in [-0.15, -0.1) is 0 Å². The highest BCUT2D eigenvalue weighted by atomic mass is 79.9. The van der Waals surface area contributed by atoms with E-state index in [1.165, 1.54) is 0 Å². The van der Waals surface area contributed by atoms with E-state index in [2.05, 4.69) is 36.5 Å². The van der Waals surface area contributed by atoms with Gasteiger partial charge in [-0.1, -0.05) is 34.8 Å². The number of alkyl halides is 2. The molecule has 1 amide bonds. The first-order chi connectivity index (χ1) is 12.3. The van der Waals surface area contributed by atoms with Crippen LogP contribution in [0.3, 0.4) is 0 Å². The Balaban J connectivity index is 1.86. The number of anilines is 2. The second-order valence-electron chi connectivity index (χ2n) is 6.43. The van der Waals surface area contributed by atoms with Gasteiger partial charge < -0.3 is 10.6 Å². The second kappa shape index (κ2) is 7.65. The van der Waals surface area contributed by atoms with Gasteiger partial charge in [0.25, 0.3) is 11.8 Å². The Morgan fingerprint density at radius 3 is 2.69 bits per heavy atom. The lowest BCUT2D eigenvalue weighted by Gasteiger charge is -2.17. The normalized spacial score (nSPS) is 15.1. The molecule has 0 bridgehead atoms. The van der Waals surface area contributed by atoms with Gasteiger partial charge in [-0.2, -0.15) is 8.78 Å². The SMILES string of the molecule is CC(F)(F)c1nc(Nc2cccc(Br)c2)ncc1C(=O)NC1CCCC1. The molecule has 5 nitrogen and oxygen atoms in total. The van der Waals surface area contributed by atoms with E-state index >= 15 is 0 Å². The number of nitrogens with zero attached hydrogens (tertiary/aromatic N) is 2. The molecule has 138 valence electrons. The minimum absolute atomic E-state index is 0.0111. The van der Waals surface area contributed by atoms with Gasteiger partial charge in [0.2, 0.25) is 5.95 Å². The van der Waals surface area contributed by atoms with Gasteiger partial charge in [0.05, 0.1) is 5.56 Å². The van der Waals surface area contributed by atoms with Crippen LogP contribution in [-0.4, -0.2) is 21.9 Å². The highest BCUT2D eigenvalue weighted by Crippen LogP contribution is 2.30. The zero-order valence-electron chi connectivity index (χ0n) is 14.2. The Labute approximate surface area is 158 Å². The summed E-state index contributed by atoms with van der Waals surface area (Å²) in [6.45, 7) is 0.727. The van der Waals surface area contributed by atoms with E-state index in [0.29, 0.717) is 5.69 Å². The Morgan fingerprint density at radius 2 is 2.04 bits per heavy atom. The van der Waals surface area contributed by atoms with Crippen LogP contribution < -0.4 is 10.6 Å². The first kappa shape index (κ1) is 18.7. The molecule has 0 atom stereocenters. The number of amides is 1. The van der Waals surface area contributed by atoms with Crippen molar-refractivity contribution < 1.29 is 13.6 Å². The van der Waals surface area contributed by atoms with Gasteiger partial charge in [-0.3, -0.25) is 4.79 Å². The van der Waals surface area contributed by atoms with Crippen LogP contribution in [0.15, 0.2) is 34.9 Å². The van der Waals surface area contributed by atoms with Gasteiger partial charge in [-0.25, -0.2) is 9.97 Å². The number of rotatable bonds is 5. The molecule has 0 spiro atoms. The third kappa shape index (κ3) is 4.55.